The lowest BCUT2D eigenvalue weighted by Crippen LogP contribution is -1.99. The van der Waals surface area contributed by atoms with E-state index in [-0.39, 0.29) is 0 Å². The number of benzene rings is 2. The van der Waals surface area contributed by atoms with Crippen molar-refractivity contribution in [3.63, 3.8) is 0 Å². The number of aryl methyl sites for hydroxylation is 3. The number of hydrogen-bond donors (Lipinski definition) is 1. The number of nitrogens with two attached hydrogens (primary N) is 1. The van der Waals surface area contributed by atoms with E-state index in [1.807, 2.05) is 25.3 Å². The third-order valence-electron chi connectivity index (χ3n) is 4.98. The molecule has 0 amide bonds. The lowest BCUT2D eigenvalue weighted by molar-refractivity contribution is 0.352. The molecule has 0 fully saturated rings. The summed E-state index contributed by atoms with van der Waals surface area (Å²) in [4.78, 5) is 9.12. The average molecular weight is 383 g/mol. The summed E-state index contributed by atoms with van der Waals surface area (Å²) in [6.07, 6.45) is 3.75. The van der Waals surface area contributed by atoms with Crippen LogP contribution in [0.25, 0.3) is 21.8 Å². The Morgan fingerprint density at radius 1 is 1.00 bits per heavy atom. The van der Waals surface area contributed by atoms with Crippen LogP contribution in [-0.4, -0.2) is 16.6 Å². The maximum absolute atomic E-state index is 6.15. The van der Waals surface area contributed by atoms with E-state index in [0.29, 0.717) is 12.4 Å². The van der Waals surface area contributed by atoms with E-state index < -0.39 is 0 Å². The Morgan fingerprint density at radius 3 is 2.52 bits per heavy atom. The molecule has 0 unspecified atom stereocenters. The molecule has 0 saturated carbocycles. The minimum Gasteiger partial charge on any atom is -0.489 e. The van der Waals surface area contributed by atoms with Gasteiger partial charge in [0.15, 0.2) is 5.82 Å². The summed E-state index contributed by atoms with van der Waals surface area (Å²) >= 11 is 0. The number of rotatable bonds is 6. The third kappa shape index (κ3) is 4.21. The SMILES string of the molecule is C=C(C)COc1ccc(CCc2cnc3c(N)nc4cc(C)ccc4c3c2)cc1. The van der Waals surface area contributed by atoms with Gasteiger partial charge in [0.1, 0.15) is 17.9 Å². The quantitative estimate of drug-likeness (QED) is 0.357. The molecule has 2 aromatic carbocycles. The van der Waals surface area contributed by atoms with Gasteiger partial charge in [0.2, 0.25) is 0 Å². The van der Waals surface area contributed by atoms with Gasteiger partial charge in [-0.3, -0.25) is 4.98 Å². The van der Waals surface area contributed by atoms with Crippen molar-refractivity contribution in [2.75, 3.05) is 12.3 Å². The number of nitrogen functional groups attached to an aromatic ring is 1. The van der Waals surface area contributed by atoms with E-state index >= 15 is 0 Å². The van der Waals surface area contributed by atoms with Crippen LogP contribution in [0.2, 0.25) is 0 Å². The molecule has 0 aliphatic rings. The monoisotopic (exact) mass is 383 g/mol. The van der Waals surface area contributed by atoms with Gasteiger partial charge in [0.25, 0.3) is 0 Å². The van der Waals surface area contributed by atoms with Crippen LogP contribution in [0.5, 0.6) is 5.75 Å². The minimum atomic E-state index is 0.481. The largest absolute Gasteiger partial charge is 0.489 e. The maximum atomic E-state index is 6.15. The van der Waals surface area contributed by atoms with Gasteiger partial charge < -0.3 is 10.5 Å². The molecule has 4 nitrogen and oxygen atoms in total. The second-order valence-corrected chi connectivity index (χ2v) is 7.65. The first-order valence-electron chi connectivity index (χ1n) is 9.80. The smallest absolute Gasteiger partial charge is 0.150 e. The van der Waals surface area contributed by atoms with Crippen molar-refractivity contribution in [3.05, 3.63) is 83.6 Å². The Morgan fingerprint density at radius 2 is 1.76 bits per heavy atom. The first-order valence-corrected chi connectivity index (χ1v) is 9.80. The van der Waals surface area contributed by atoms with Crippen LogP contribution in [0.1, 0.15) is 23.6 Å². The molecule has 2 aromatic heterocycles. The number of fused-ring (bicyclic) bond motifs is 3. The zero-order chi connectivity index (χ0) is 20.4. The molecule has 2 N–H and O–H groups in total. The summed E-state index contributed by atoms with van der Waals surface area (Å²) in [5.41, 5.74) is 12.5. The highest BCUT2D eigenvalue weighted by molar-refractivity contribution is 6.08. The maximum Gasteiger partial charge on any atom is 0.150 e. The van der Waals surface area contributed by atoms with Crippen molar-refractivity contribution in [2.24, 2.45) is 0 Å². The lowest BCUT2D eigenvalue weighted by atomic mass is 10.0. The topological polar surface area (TPSA) is 61.0 Å². The van der Waals surface area contributed by atoms with Gasteiger partial charge in [0, 0.05) is 17.0 Å². The van der Waals surface area contributed by atoms with Gasteiger partial charge in [0.05, 0.1) is 5.52 Å². The predicted molar refractivity (Wildman–Crippen MR) is 120 cm³/mol. The molecule has 0 aliphatic carbocycles. The lowest BCUT2D eigenvalue weighted by Gasteiger charge is -2.09. The number of anilines is 1. The highest BCUT2D eigenvalue weighted by atomic mass is 16.5. The summed E-state index contributed by atoms with van der Waals surface area (Å²) < 4.78 is 5.67. The zero-order valence-corrected chi connectivity index (χ0v) is 16.9. The number of ether oxygens (including phenoxy) is 1. The molecule has 0 atom stereocenters. The second-order valence-electron chi connectivity index (χ2n) is 7.65. The molecule has 0 bridgehead atoms. The Labute approximate surface area is 171 Å². The molecule has 2 heterocycles. The van der Waals surface area contributed by atoms with Crippen LogP contribution in [0.4, 0.5) is 5.82 Å². The van der Waals surface area contributed by atoms with Crippen molar-refractivity contribution >= 4 is 27.6 Å². The highest BCUT2D eigenvalue weighted by Crippen LogP contribution is 2.28. The Bertz CT molecular complexity index is 1200. The van der Waals surface area contributed by atoms with E-state index in [1.54, 1.807) is 0 Å². The van der Waals surface area contributed by atoms with Crippen LogP contribution < -0.4 is 10.5 Å². The fourth-order valence-electron chi connectivity index (χ4n) is 3.45. The van der Waals surface area contributed by atoms with Crippen LogP contribution in [-0.2, 0) is 12.8 Å². The molecular weight excluding hydrogens is 358 g/mol. The van der Waals surface area contributed by atoms with Gasteiger partial charge >= 0.3 is 0 Å². The summed E-state index contributed by atoms with van der Waals surface area (Å²) in [7, 11) is 0. The van der Waals surface area contributed by atoms with E-state index in [0.717, 1.165) is 46.0 Å². The molecule has 0 spiro atoms. The van der Waals surface area contributed by atoms with Crippen LogP contribution in [0, 0.1) is 6.92 Å². The number of hydrogen-bond acceptors (Lipinski definition) is 4. The Kier molecular flexibility index (Phi) is 5.17. The van der Waals surface area contributed by atoms with Gasteiger partial charge in [-0.2, -0.15) is 0 Å². The van der Waals surface area contributed by atoms with Crippen molar-refractivity contribution < 1.29 is 4.74 Å². The fourth-order valence-corrected chi connectivity index (χ4v) is 3.45. The number of aromatic nitrogens is 2. The molecule has 4 aromatic rings. The fraction of sp³-hybridized carbons (Fsp3) is 0.200. The minimum absolute atomic E-state index is 0.481. The van der Waals surface area contributed by atoms with Crippen molar-refractivity contribution in [1.29, 1.82) is 0 Å². The molecule has 0 aliphatic heterocycles. The first-order chi connectivity index (χ1) is 14.0. The molecular formula is C25H25N3O. The molecule has 29 heavy (non-hydrogen) atoms. The van der Waals surface area contributed by atoms with Crippen LogP contribution >= 0.6 is 0 Å². The van der Waals surface area contributed by atoms with Crippen molar-refractivity contribution in [3.8, 4) is 5.75 Å². The molecule has 4 heteroatoms. The summed E-state index contributed by atoms with van der Waals surface area (Å²) in [6, 6.07) is 16.7. The van der Waals surface area contributed by atoms with Gasteiger partial charge in [-0.1, -0.05) is 30.8 Å². The third-order valence-corrected chi connectivity index (χ3v) is 4.98. The molecule has 146 valence electrons. The molecule has 0 saturated heterocycles. The Balaban J connectivity index is 1.55. The van der Waals surface area contributed by atoms with Crippen LogP contribution in [0.3, 0.4) is 0 Å². The van der Waals surface area contributed by atoms with E-state index in [4.69, 9.17) is 10.5 Å². The second kappa shape index (κ2) is 7.92. The summed E-state index contributed by atoms with van der Waals surface area (Å²) in [5, 5.41) is 2.15. The van der Waals surface area contributed by atoms with Crippen molar-refractivity contribution in [2.45, 2.75) is 26.7 Å². The molecule has 4 rings (SSSR count). The van der Waals surface area contributed by atoms with E-state index in [9.17, 15) is 0 Å². The standard InChI is InChI=1S/C25H25N3O/c1-16(2)15-29-20-9-7-18(8-10-20)5-6-19-13-22-21-11-4-17(3)12-23(21)28-25(26)24(22)27-14-19/h4,7-14H,1,5-6,15H2,2-3H3,(H2,26,28). The normalized spacial score (nSPS) is 11.1. The zero-order valence-electron chi connectivity index (χ0n) is 16.9. The van der Waals surface area contributed by atoms with Gasteiger partial charge in [-0.05, 0) is 73.2 Å². The van der Waals surface area contributed by atoms with Crippen molar-refractivity contribution in [1.82, 2.24) is 9.97 Å². The van der Waals surface area contributed by atoms with E-state index in [2.05, 4.69) is 59.9 Å². The Hall–Kier alpha value is -3.40. The summed E-state index contributed by atoms with van der Waals surface area (Å²) in [6.45, 7) is 8.43. The molecule has 0 radical (unpaired) electrons. The first kappa shape index (κ1) is 18.9. The van der Waals surface area contributed by atoms with E-state index in [1.165, 1.54) is 16.7 Å². The summed E-state index contributed by atoms with van der Waals surface area (Å²) in [5.74, 6) is 1.35. The van der Waals surface area contributed by atoms with Gasteiger partial charge in [-0.25, -0.2) is 4.98 Å². The highest BCUT2D eigenvalue weighted by Gasteiger charge is 2.09. The number of nitrogens with zero attached hydrogens (tertiary/aromatic N) is 2. The average Bonchev–Trinajstić information content (AvgIpc) is 2.71. The number of pyridine rings is 2. The van der Waals surface area contributed by atoms with Crippen LogP contribution in [0.15, 0.2) is 66.9 Å². The predicted octanol–water partition coefficient (Wildman–Crippen LogP) is 5.41. The van der Waals surface area contributed by atoms with Gasteiger partial charge in [-0.15, -0.1) is 0 Å².